The highest BCUT2D eigenvalue weighted by Crippen LogP contribution is 2.28. The molecule has 2 aliphatic heterocycles. The van der Waals surface area contributed by atoms with Crippen molar-refractivity contribution in [1.29, 1.82) is 0 Å². The van der Waals surface area contributed by atoms with E-state index in [0.717, 1.165) is 38.3 Å². The molecular formula is C18H27N3O2. The van der Waals surface area contributed by atoms with Crippen LogP contribution >= 0.6 is 0 Å². The van der Waals surface area contributed by atoms with Gasteiger partial charge in [-0.05, 0) is 39.1 Å². The van der Waals surface area contributed by atoms with Gasteiger partial charge in [-0.2, -0.15) is 0 Å². The first kappa shape index (κ1) is 16.4. The number of carbonyl (C=O) groups is 1. The lowest BCUT2D eigenvalue weighted by Crippen LogP contribution is -2.54. The average Bonchev–Trinajstić information content (AvgIpc) is 2.97. The minimum Gasteiger partial charge on any atom is -0.374 e. The summed E-state index contributed by atoms with van der Waals surface area (Å²) in [5, 5.41) is 0. The maximum atomic E-state index is 13.0. The molecule has 3 rings (SSSR count). The number of amides is 1. The Morgan fingerprint density at radius 3 is 2.91 bits per heavy atom. The molecule has 1 amide bonds. The van der Waals surface area contributed by atoms with Crippen LogP contribution in [0.25, 0.3) is 0 Å². The van der Waals surface area contributed by atoms with E-state index >= 15 is 0 Å². The van der Waals surface area contributed by atoms with Crippen molar-refractivity contribution in [2.75, 3.05) is 51.8 Å². The van der Waals surface area contributed by atoms with Crippen molar-refractivity contribution in [2.24, 2.45) is 0 Å². The summed E-state index contributed by atoms with van der Waals surface area (Å²) in [6, 6.07) is 8.13. The second-order valence-corrected chi connectivity index (χ2v) is 6.79. The highest BCUT2D eigenvalue weighted by molar-refractivity contribution is 5.98. The summed E-state index contributed by atoms with van der Waals surface area (Å²) in [7, 11) is 4.11. The number of morpholine rings is 1. The van der Waals surface area contributed by atoms with Crippen LogP contribution in [0.4, 0.5) is 5.69 Å². The van der Waals surface area contributed by atoms with Crippen molar-refractivity contribution in [1.82, 2.24) is 9.80 Å². The number of fused-ring (bicyclic) bond motifs is 1. The molecule has 5 heteroatoms. The van der Waals surface area contributed by atoms with Crippen LogP contribution in [0.2, 0.25) is 0 Å². The lowest BCUT2D eigenvalue weighted by Gasteiger charge is -2.38. The van der Waals surface area contributed by atoms with Crippen LogP contribution in [0.5, 0.6) is 0 Å². The van der Waals surface area contributed by atoms with Gasteiger partial charge in [-0.15, -0.1) is 0 Å². The van der Waals surface area contributed by atoms with E-state index in [1.807, 2.05) is 24.0 Å². The zero-order valence-corrected chi connectivity index (χ0v) is 14.4. The third-order valence-corrected chi connectivity index (χ3v) is 4.80. The van der Waals surface area contributed by atoms with E-state index in [2.05, 4.69) is 36.0 Å². The summed E-state index contributed by atoms with van der Waals surface area (Å²) in [6.45, 7) is 6.07. The number of likely N-dealkylation sites (N-methyl/N-ethyl adjacent to an activating group) is 1. The largest absolute Gasteiger partial charge is 0.374 e. The second kappa shape index (κ2) is 6.99. The molecule has 23 heavy (non-hydrogen) atoms. The number of hydrogen-bond acceptors (Lipinski definition) is 4. The first-order valence-electron chi connectivity index (χ1n) is 8.46. The maximum Gasteiger partial charge on any atom is 0.244 e. The molecule has 1 saturated heterocycles. The Labute approximate surface area is 138 Å². The lowest BCUT2D eigenvalue weighted by atomic mass is 10.1. The summed E-state index contributed by atoms with van der Waals surface area (Å²) in [6.07, 6.45) is 1.14. The Kier molecular flexibility index (Phi) is 4.99. The van der Waals surface area contributed by atoms with Crippen molar-refractivity contribution in [3.05, 3.63) is 29.8 Å². The Morgan fingerprint density at radius 2 is 2.13 bits per heavy atom. The lowest BCUT2D eigenvalue weighted by molar-refractivity contribution is -0.126. The highest BCUT2D eigenvalue weighted by atomic mass is 16.5. The summed E-state index contributed by atoms with van der Waals surface area (Å²) >= 11 is 0. The molecule has 0 radical (unpaired) electrons. The number of nitrogens with zero attached hydrogens (tertiary/aromatic N) is 3. The Balaban J connectivity index is 1.66. The topological polar surface area (TPSA) is 36.0 Å². The number of ether oxygens (including phenoxy) is 1. The third-order valence-electron chi connectivity index (χ3n) is 4.80. The van der Waals surface area contributed by atoms with Crippen LogP contribution in [-0.4, -0.2) is 74.7 Å². The quantitative estimate of drug-likeness (QED) is 0.837. The summed E-state index contributed by atoms with van der Waals surface area (Å²) in [5.74, 6) is 0.209. The molecule has 1 aromatic carbocycles. The molecular weight excluding hydrogens is 290 g/mol. The van der Waals surface area contributed by atoms with Gasteiger partial charge in [0, 0.05) is 31.9 Å². The monoisotopic (exact) mass is 317 g/mol. The second-order valence-electron chi connectivity index (χ2n) is 6.79. The molecule has 1 aromatic rings. The number of para-hydroxylation sites is 1. The van der Waals surface area contributed by atoms with Gasteiger partial charge in [-0.1, -0.05) is 18.2 Å². The number of hydrogen-bond donors (Lipinski definition) is 0. The van der Waals surface area contributed by atoms with Crippen LogP contribution in [0, 0.1) is 0 Å². The zero-order valence-electron chi connectivity index (χ0n) is 14.4. The normalized spacial score (nSPS) is 23.1. The van der Waals surface area contributed by atoms with E-state index in [0.29, 0.717) is 6.61 Å². The molecule has 2 aliphatic rings. The van der Waals surface area contributed by atoms with Gasteiger partial charge >= 0.3 is 0 Å². The van der Waals surface area contributed by atoms with Gasteiger partial charge in [0.25, 0.3) is 0 Å². The van der Waals surface area contributed by atoms with Crippen LogP contribution in [0.3, 0.4) is 0 Å². The fourth-order valence-electron chi connectivity index (χ4n) is 3.56. The molecule has 0 spiro atoms. The van der Waals surface area contributed by atoms with Crippen LogP contribution in [-0.2, 0) is 16.0 Å². The molecule has 126 valence electrons. The number of anilines is 1. The van der Waals surface area contributed by atoms with Gasteiger partial charge in [0.05, 0.1) is 18.8 Å². The summed E-state index contributed by atoms with van der Waals surface area (Å²) in [5.41, 5.74) is 2.36. The standard InChI is InChI=1S/C18H27N3O2/c1-14(20-10-11-23-16(13-20)12-19(2)3)18(22)21-9-8-15-6-4-5-7-17(15)21/h4-7,14,16H,8-13H2,1-3H3/t14-,16-/m0/s1. The fraction of sp³-hybridized carbons (Fsp3) is 0.611. The van der Waals surface area contributed by atoms with Gasteiger partial charge in [0.1, 0.15) is 0 Å². The van der Waals surface area contributed by atoms with E-state index < -0.39 is 0 Å². The Bertz CT molecular complexity index is 561. The van der Waals surface area contributed by atoms with Gasteiger partial charge < -0.3 is 14.5 Å². The SMILES string of the molecule is C[C@@H](C(=O)N1CCc2ccccc21)N1CCO[C@@H](CN(C)C)C1. The highest BCUT2D eigenvalue weighted by Gasteiger charge is 2.33. The predicted octanol–water partition coefficient (Wildman–Crippen LogP) is 1.23. The summed E-state index contributed by atoms with van der Waals surface area (Å²) < 4.78 is 5.82. The molecule has 0 bridgehead atoms. The third kappa shape index (κ3) is 3.57. The van der Waals surface area contributed by atoms with Crippen molar-refractivity contribution < 1.29 is 9.53 Å². The van der Waals surface area contributed by atoms with Gasteiger partial charge in [-0.25, -0.2) is 0 Å². The maximum absolute atomic E-state index is 13.0. The number of benzene rings is 1. The van der Waals surface area contributed by atoms with E-state index in [1.54, 1.807) is 0 Å². The fourth-order valence-corrected chi connectivity index (χ4v) is 3.56. The first-order chi connectivity index (χ1) is 11.1. The molecule has 0 unspecified atom stereocenters. The van der Waals surface area contributed by atoms with Crippen molar-refractivity contribution in [2.45, 2.75) is 25.5 Å². The molecule has 1 fully saturated rings. The molecule has 0 N–H and O–H groups in total. The van der Waals surface area contributed by atoms with Crippen LogP contribution in [0.15, 0.2) is 24.3 Å². The van der Waals surface area contributed by atoms with E-state index in [4.69, 9.17) is 4.74 Å². The minimum atomic E-state index is -0.102. The van der Waals surface area contributed by atoms with Crippen LogP contribution < -0.4 is 4.90 Å². The van der Waals surface area contributed by atoms with E-state index in [1.165, 1.54) is 5.56 Å². The molecule has 2 atom stereocenters. The minimum absolute atomic E-state index is 0.102. The first-order valence-corrected chi connectivity index (χ1v) is 8.46. The molecule has 5 nitrogen and oxygen atoms in total. The molecule has 2 heterocycles. The number of rotatable bonds is 4. The molecule has 0 saturated carbocycles. The van der Waals surface area contributed by atoms with Crippen molar-refractivity contribution >= 4 is 11.6 Å². The van der Waals surface area contributed by atoms with Crippen molar-refractivity contribution in [3.63, 3.8) is 0 Å². The molecule has 0 aromatic heterocycles. The zero-order chi connectivity index (χ0) is 16.4. The van der Waals surface area contributed by atoms with E-state index in [-0.39, 0.29) is 18.1 Å². The van der Waals surface area contributed by atoms with E-state index in [9.17, 15) is 4.79 Å². The van der Waals surface area contributed by atoms with Gasteiger partial charge in [-0.3, -0.25) is 9.69 Å². The van der Waals surface area contributed by atoms with Gasteiger partial charge in [0.15, 0.2) is 0 Å². The van der Waals surface area contributed by atoms with Crippen molar-refractivity contribution in [3.8, 4) is 0 Å². The van der Waals surface area contributed by atoms with Crippen LogP contribution in [0.1, 0.15) is 12.5 Å². The number of carbonyl (C=O) groups excluding carboxylic acids is 1. The predicted molar refractivity (Wildman–Crippen MR) is 91.8 cm³/mol. The summed E-state index contributed by atoms with van der Waals surface area (Å²) in [4.78, 5) is 19.3. The molecule has 0 aliphatic carbocycles. The smallest absolute Gasteiger partial charge is 0.244 e. The average molecular weight is 317 g/mol. The Hall–Kier alpha value is -1.43. The van der Waals surface area contributed by atoms with Gasteiger partial charge in [0.2, 0.25) is 5.91 Å². The Morgan fingerprint density at radius 1 is 1.35 bits per heavy atom.